The molecule has 0 aliphatic heterocycles. The molecular formula is C13H22ClN3O3. The third kappa shape index (κ3) is 7.16. The van der Waals surface area contributed by atoms with Gasteiger partial charge in [0.2, 0.25) is 5.91 Å². The van der Waals surface area contributed by atoms with Crippen molar-refractivity contribution in [1.29, 1.82) is 0 Å². The Kier molecular flexibility index (Phi) is 9.49. The van der Waals surface area contributed by atoms with Crippen molar-refractivity contribution in [2.75, 3.05) is 19.6 Å². The predicted octanol–water partition coefficient (Wildman–Crippen LogP) is 0.935. The summed E-state index contributed by atoms with van der Waals surface area (Å²) in [5.74, 6) is -0.135. The van der Waals surface area contributed by atoms with Crippen LogP contribution in [0.5, 0.6) is 0 Å². The van der Waals surface area contributed by atoms with Crippen LogP contribution in [0.15, 0.2) is 22.8 Å². The van der Waals surface area contributed by atoms with Crippen LogP contribution in [0.2, 0.25) is 0 Å². The van der Waals surface area contributed by atoms with Crippen molar-refractivity contribution in [3.63, 3.8) is 0 Å². The Morgan fingerprint density at radius 2 is 2.10 bits per heavy atom. The fraction of sp³-hybridized carbons (Fsp3) is 0.538. The summed E-state index contributed by atoms with van der Waals surface area (Å²) >= 11 is 0. The summed E-state index contributed by atoms with van der Waals surface area (Å²) in [6, 6.07) is 3.46. The molecule has 3 N–H and O–H groups in total. The first-order valence-corrected chi connectivity index (χ1v) is 6.45. The molecule has 0 aliphatic rings. The second kappa shape index (κ2) is 10.3. The second-order valence-corrected chi connectivity index (χ2v) is 4.25. The molecule has 7 heteroatoms. The Labute approximate surface area is 125 Å². The Balaban J connectivity index is 0.00000361. The Bertz CT molecular complexity index is 396. The Morgan fingerprint density at radius 3 is 2.70 bits per heavy atom. The van der Waals surface area contributed by atoms with E-state index < -0.39 is 0 Å². The van der Waals surface area contributed by atoms with Crippen LogP contribution in [0.3, 0.4) is 0 Å². The largest absolute Gasteiger partial charge is 0.459 e. The number of likely N-dealkylation sites (N-methyl/N-ethyl adjacent to an activating group) is 1. The van der Waals surface area contributed by atoms with E-state index >= 15 is 0 Å². The summed E-state index contributed by atoms with van der Waals surface area (Å²) < 4.78 is 4.94. The van der Waals surface area contributed by atoms with Gasteiger partial charge in [-0.15, -0.1) is 12.4 Å². The first-order valence-electron chi connectivity index (χ1n) is 6.45. The fourth-order valence-corrected chi connectivity index (χ4v) is 1.56. The molecule has 0 saturated heterocycles. The summed E-state index contributed by atoms with van der Waals surface area (Å²) in [5.41, 5.74) is 0. The number of amides is 2. The van der Waals surface area contributed by atoms with E-state index in [4.69, 9.17) is 4.42 Å². The monoisotopic (exact) mass is 303 g/mol. The zero-order valence-electron chi connectivity index (χ0n) is 11.8. The molecule has 2 amide bonds. The van der Waals surface area contributed by atoms with Crippen molar-refractivity contribution in [1.82, 2.24) is 16.0 Å². The lowest BCUT2D eigenvalue weighted by Gasteiger charge is -2.13. The minimum absolute atomic E-state index is 0. The number of halogens is 1. The molecule has 0 aliphatic carbocycles. The number of rotatable bonds is 8. The molecule has 114 valence electrons. The summed E-state index contributed by atoms with van der Waals surface area (Å²) in [6.07, 6.45) is 1.69. The van der Waals surface area contributed by atoms with E-state index in [1.54, 1.807) is 12.1 Å². The fourth-order valence-electron chi connectivity index (χ4n) is 1.56. The van der Waals surface area contributed by atoms with Crippen LogP contribution >= 0.6 is 12.4 Å². The molecule has 0 saturated carbocycles. The highest BCUT2D eigenvalue weighted by atomic mass is 35.5. The summed E-state index contributed by atoms with van der Waals surface area (Å²) in [6.45, 7) is 5.76. The molecule has 0 spiro atoms. The SMILES string of the molecule is CCN[C@H](C)CNC(=O)CCNC(=O)c1ccco1.Cl. The van der Waals surface area contributed by atoms with Crippen molar-refractivity contribution in [3.8, 4) is 0 Å². The van der Waals surface area contributed by atoms with Gasteiger partial charge in [0.05, 0.1) is 6.26 Å². The van der Waals surface area contributed by atoms with E-state index in [1.165, 1.54) is 6.26 Å². The van der Waals surface area contributed by atoms with Gasteiger partial charge >= 0.3 is 0 Å². The number of carbonyl (C=O) groups excluding carboxylic acids is 2. The van der Waals surface area contributed by atoms with E-state index in [-0.39, 0.29) is 42.4 Å². The molecule has 1 rings (SSSR count). The molecule has 0 aromatic carbocycles. The number of furan rings is 1. The first-order chi connectivity index (χ1) is 9.13. The summed E-state index contributed by atoms with van der Waals surface area (Å²) in [7, 11) is 0. The molecule has 0 bridgehead atoms. The highest BCUT2D eigenvalue weighted by Crippen LogP contribution is 1.98. The highest BCUT2D eigenvalue weighted by Gasteiger charge is 2.09. The number of nitrogens with one attached hydrogen (secondary N) is 3. The quantitative estimate of drug-likeness (QED) is 0.667. The van der Waals surface area contributed by atoms with Gasteiger partial charge in [-0.25, -0.2) is 0 Å². The summed E-state index contributed by atoms with van der Waals surface area (Å²) in [4.78, 5) is 23.0. The van der Waals surface area contributed by atoms with Crippen LogP contribution in [0.1, 0.15) is 30.8 Å². The highest BCUT2D eigenvalue weighted by molar-refractivity contribution is 5.91. The van der Waals surface area contributed by atoms with Crippen molar-refractivity contribution in [3.05, 3.63) is 24.2 Å². The third-order valence-electron chi connectivity index (χ3n) is 2.54. The first kappa shape index (κ1) is 18.5. The van der Waals surface area contributed by atoms with Gasteiger partial charge in [0.15, 0.2) is 5.76 Å². The lowest BCUT2D eigenvalue weighted by Crippen LogP contribution is -2.39. The standard InChI is InChI=1S/C13H21N3O3.ClH/c1-3-14-10(2)9-16-12(17)6-7-15-13(18)11-5-4-8-19-11;/h4-5,8,10,14H,3,6-7,9H2,1-2H3,(H,15,18)(H,16,17);1H/t10-;/m1./s1. The molecule has 1 aromatic heterocycles. The van der Waals surface area contributed by atoms with Gasteiger partial charge in [-0.05, 0) is 25.6 Å². The zero-order valence-corrected chi connectivity index (χ0v) is 12.6. The van der Waals surface area contributed by atoms with Gasteiger partial charge in [0.1, 0.15) is 0 Å². The van der Waals surface area contributed by atoms with Crippen molar-refractivity contribution >= 4 is 24.2 Å². The minimum atomic E-state index is -0.307. The molecule has 1 aromatic rings. The smallest absolute Gasteiger partial charge is 0.286 e. The van der Waals surface area contributed by atoms with Crippen LogP contribution in [0, 0.1) is 0 Å². The Hall–Kier alpha value is -1.53. The molecular weight excluding hydrogens is 282 g/mol. The van der Waals surface area contributed by atoms with Gasteiger partial charge in [-0.1, -0.05) is 6.92 Å². The average molecular weight is 304 g/mol. The number of hydrogen-bond donors (Lipinski definition) is 3. The van der Waals surface area contributed by atoms with Gasteiger partial charge in [-0.3, -0.25) is 9.59 Å². The van der Waals surface area contributed by atoms with Crippen molar-refractivity contribution < 1.29 is 14.0 Å². The molecule has 0 unspecified atom stereocenters. The predicted molar refractivity (Wildman–Crippen MR) is 79.1 cm³/mol. The maximum absolute atomic E-state index is 11.5. The van der Waals surface area contributed by atoms with Crippen molar-refractivity contribution in [2.45, 2.75) is 26.3 Å². The maximum atomic E-state index is 11.5. The normalized spacial score (nSPS) is 11.3. The van der Waals surface area contributed by atoms with Crippen LogP contribution < -0.4 is 16.0 Å². The van der Waals surface area contributed by atoms with Gasteiger partial charge < -0.3 is 20.4 Å². The lowest BCUT2D eigenvalue weighted by atomic mass is 10.3. The molecule has 1 atom stereocenters. The summed E-state index contributed by atoms with van der Waals surface area (Å²) in [5, 5.41) is 8.62. The lowest BCUT2D eigenvalue weighted by molar-refractivity contribution is -0.121. The van der Waals surface area contributed by atoms with Crippen LogP contribution in [-0.2, 0) is 4.79 Å². The molecule has 6 nitrogen and oxygen atoms in total. The van der Waals surface area contributed by atoms with Crippen LogP contribution in [-0.4, -0.2) is 37.5 Å². The molecule has 20 heavy (non-hydrogen) atoms. The Morgan fingerprint density at radius 1 is 1.35 bits per heavy atom. The van der Waals surface area contributed by atoms with Gasteiger partial charge in [-0.2, -0.15) is 0 Å². The van der Waals surface area contributed by atoms with E-state index in [9.17, 15) is 9.59 Å². The van der Waals surface area contributed by atoms with E-state index in [2.05, 4.69) is 16.0 Å². The average Bonchev–Trinajstić information content (AvgIpc) is 2.90. The molecule has 0 fully saturated rings. The van der Waals surface area contributed by atoms with Gasteiger partial charge in [0.25, 0.3) is 5.91 Å². The minimum Gasteiger partial charge on any atom is -0.459 e. The van der Waals surface area contributed by atoms with Crippen molar-refractivity contribution in [2.24, 2.45) is 0 Å². The molecule has 1 heterocycles. The zero-order chi connectivity index (χ0) is 14.1. The maximum Gasteiger partial charge on any atom is 0.286 e. The van der Waals surface area contributed by atoms with E-state index in [0.717, 1.165) is 6.54 Å². The van der Waals surface area contributed by atoms with Crippen LogP contribution in [0.25, 0.3) is 0 Å². The number of hydrogen-bond acceptors (Lipinski definition) is 4. The second-order valence-electron chi connectivity index (χ2n) is 4.25. The third-order valence-corrected chi connectivity index (χ3v) is 2.54. The van der Waals surface area contributed by atoms with Crippen LogP contribution in [0.4, 0.5) is 0 Å². The molecule has 0 radical (unpaired) electrons. The van der Waals surface area contributed by atoms with E-state index in [0.29, 0.717) is 13.1 Å². The van der Waals surface area contributed by atoms with E-state index in [1.807, 2.05) is 13.8 Å². The topological polar surface area (TPSA) is 83.4 Å². The van der Waals surface area contributed by atoms with Gasteiger partial charge in [0, 0.05) is 25.6 Å². The number of carbonyl (C=O) groups is 2.